The van der Waals surface area contributed by atoms with Gasteiger partial charge in [0.2, 0.25) is 0 Å². The number of ether oxygens (including phenoxy) is 2. The first-order valence-electron chi connectivity index (χ1n) is 7.66. The number of anilines is 1. The number of hydrogen-bond acceptors (Lipinski definition) is 6. The summed E-state index contributed by atoms with van der Waals surface area (Å²) in [5.41, 5.74) is 3.70. The predicted molar refractivity (Wildman–Crippen MR) is 96.7 cm³/mol. The Labute approximate surface area is 150 Å². The highest BCUT2D eigenvalue weighted by molar-refractivity contribution is 5.89. The van der Waals surface area contributed by atoms with Gasteiger partial charge in [-0.15, -0.1) is 0 Å². The molecule has 0 unspecified atom stereocenters. The van der Waals surface area contributed by atoms with Crippen molar-refractivity contribution in [3.8, 4) is 17.2 Å². The monoisotopic (exact) mass is 360 g/mol. The fourth-order valence-corrected chi connectivity index (χ4v) is 2.17. The van der Waals surface area contributed by atoms with Gasteiger partial charge in [-0.3, -0.25) is 15.5 Å². The predicted octanol–water partition coefficient (Wildman–Crippen LogP) is 3.30. The number of hydrogen-bond donors (Lipinski definition) is 2. The van der Waals surface area contributed by atoms with Crippen molar-refractivity contribution in [3.63, 3.8) is 0 Å². The van der Waals surface area contributed by atoms with E-state index in [1.807, 2.05) is 0 Å². The Morgan fingerprint density at radius 3 is 2.38 bits per heavy atom. The van der Waals surface area contributed by atoms with Crippen molar-refractivity contribution >= 4 is 17.4 Å². The molecule has 9 heteroatoms. The number of carbonyl (C=O) groups excluding carboxylic acids is 1. The lowest BCUT2D eigenvalue weighted by Crippen LogP contribution is -2.39. The number of nitro groups is 1. The van der Waals surface area contributed by atoms with E-state index in [2.05, 4.69) is 10.7 Å². The summed E-state index contributed by atoms with van der Waals surface area (Å²) in [5, 5.41) is 15.0. The summed E-state index contributed by atoms with van der Waals surface area (Å²) < 4.78 is 11.1. The average molecular weight is 360 g/mol. The first-order chi connectivity index (χ1) is 12.3. The van der Waals surface area contributed by atoms with E-state index in [4.69, 9.17) is 9.47 Å². The van der Waals surface area contributed by atoms with Crippen LogP contribution in [-0.2, 0) is 0 Å². The number of benzene rings is 2. The zero-order chi connectivity index (χ0) is 19.3. The van der Waals surface area contributed by atoms with Crippen LogP contribution in [0, 0.1) is 17.0 Å². The van der Waals surface area contributed by atoms with Crippen LogP contribution in [0.25, 0.3) is 0 Å². The largest absolute Gasteiger partial charge is 0.493 e. The highest BCUT2D eigenvalue weighted by atomic mass is 16.6. The standard InChI is InChI=1S/C17H20N4O5/c1-11-9-13(21(23)24)6-8-14(11)26-15-7-5-12(10-16(15)25-4)18-17(22)19-20(2)3/h5-10H,1-4H3,(H2,18,19,22). The Balaban J connectivity index is 2.20. The van der Waals surface area contributed by atoms with Gasteiger partial charge in [0, 0.05) is 38.0 Å². The molecule has 0 heterocycles. The van der Waals surface area contributed by atoms with Gasteiger partial charge in [-0.1, -0.05) is 0 Å². The molecule has 0 bridgehead atoms. The smallest absolute Gasteiger partial charge is 0.333 e. The van der Waals surface area contributed by atoms with Gasteiger partial charge in [0.05, 0.1) is 12.0 Å². The summed E-state index contributed by atoms with van der Waals surface area (Å²) in [7, 11) is 4.88. The molecular weight excluding hydrogens is 340 g/mol. The van der Waals surface area contributed by atoms with E-state index in [1.165, 1.54) is 30.3 Å². The molecule has 2 N–H and O–H groups in total. The van der Waals surface area contributed by atoms with E-state index in [9.17, 15) is 14.9 Å². The van der Waals surface area contributed by atoms with E-state index in [-0.39, 0.29) is 5.69 Å². The number of nitro benzene ring substituents is 1. The third-order valence-corrected chi connectivity index (χ3v) is 3.34. The molecule has 0 saturated heterocycles. The molecule has 0 aliphatic carbocycles. The van der Waals surface area contributed by atoms with Gasteiger partial charge in [-0.2, -0.15) is 0 Å². The van der Waals surface area contributed by atoms with E-state index >= 15 is 0 Å². The van der Waals surface area contributed by atoms with E-state index in [0.29, 0.717) is 28.5 Å². The minimum atomic E-state index is -0.462. The minimum absolute atomic E-state index is 0.00623. The van der Waals surface area contributed by atoms with Crippen molar-refractivity contribution < 1.29 is 19.2 Å². The molecule has 0 aliphatic heterocycles. The maximum atomic E-state index is 11.7. The number of aryl methyl sites for hydroxylation is 1. The molecular formula is C17H20N4O5. The van der Waals surface area contributed by atoms with Crippen LogP contribution in [0.15, 0.2) is 36.4 Å². The lowest BCUT2D eigenvalue weighted by molar-refractivity contribution is -0.384. The van der Waals surface area contributed by atoms with Gasteiger partial charge in [-0.25, -0.2) is 9.80 Å². The molecule has 2 aromatic rings. The number of nitrogens with one attached hydrogen (secondary N) is 2. The number of carbonyl (C=O) groups is 1. The molecule has 138 valence electrons. The van der Waals surface area contributed by atoms with Crippen molar-refractivity contribution in [3.05, 3.63) is 52.1 Å². The van der Waals surface area contributed by atoms with Gasteiger partial charge in [-0.05, 0) is 30.7 Å². The normalized spacial score (nSPS) is 10.3. The van der Waals surface area contributed by atoms with Crippen LogP contribution in [0.4, 0.5) is 16.2 Å². The van der Waals surface area contributed by atoms with Crippen molar-refractivity contribution in [2.24, 2.45) is 0 Å². The van der Waals surface area contributed by atoms with Gasteiger partial charge in [0.15, 0.2) is 11.5 Å². The van der Waals surface area contributed by atoms with Gasteiger partial charge < -0.3 is 14.8 Å². The molecule has 0 saturated carbocycles. The van der Waals surface area contributed by atoms with Gasteiger partial charge in [0.25, 0.3) is 5.69 Å². The van der Waals surface area contributed by atoms with Crippen LogP contribution >= 0.6 is 0 Å². The fraction of sp³-hybridized carbons (Fsp3) is 0.235. The molecule has 0 atom stereocenters. The molecule has 9 nitrogen and oxygen atoms in total. The Bertz CT molecular complexity index is 823. The fourth-order valence-electron chi connectivity index (χ4n) is 2.17. The number of non-ortho nitro benzene ring substituents is 1. The highest BCUT2D eigenvalue weighted by Gasteiger charge is 2.13. The maximum Gasteiger partial charge on any atom is 0.333 e. The number of hydrazine groups is 1. The number of methoxy groups -OCH3 is 1. The summed E-state index contributed by atoms with van der Waals surface area (Å²) in [6.07, 6.45) is 0. The average Bonchev–Trinajstić information content (AvgIpc) is 2.56. The van der Waals surface area contributed by atoms with Crippen LogP contribution in [0.5, 0.6) is 17.2 Å². The lowest BCUT2D eigenvalue weighted by Gasteiger charge is -2.15. The third kappa shape index (κ3) is 4.84. The minimum Gasteiger partial charge on any atom is -0.493 e. The topological polar surface area (TPSA) is 106 Å². The number of urea groups is 1. The summed E-state index contributed by atoms with van der Waals surface area (Å²) in [6.45, 7) is 1.72. The number of amides is 2. The number of rotatable bonds is 6. The first kappa shape index (κ1) is 19.0. The molecule has 0 spiro atoms. The second-order valence-corrected chi connectivity index (χ2v) is 5.63. The van der Waals surface area contributed by atoms with Crippen LogP contribution in [0.3, 0.4) is 0 Å². The second kappa shape index (κ2) is 8.17. The van der Waals surface area contributed by atoms with Gasteiger partial charge >= 0.3 is 6.03 Å². The zero-order valence-electron chi connectivity index (χ0n) is 14.9. The number of nitrogens with zero attached hydrogens (tertiary/aromatic N) is 2. The highest BCUT2D eigenvalue weighted by Crippen LogP contribution is 2.35. The maximum absolute atomic E-state index is 11.7. The molecule has 0 aliphatic rings. The molecule has 2 rings (SSSR count). The van der Waals surface area contributed by atoms with Crippen molar-refractivity contribution in [1.29, 1.82) is 0 Å². The Morgan fingerprint density at radius 1 is 1.12 bits per heavy atom. The molecule has 0 radical (unpaired) electrons. The van der Waals surface area contributed by atoms with Crippen LogP contribution in [0.1, 0.15) is 5.56 Å². The second-order valence-electron chi connectivity index (χ2n) is 5.63. The van der Waals surface area contributed by atoms with Crippen LogP contribution in [0.2, 0.25) is 0 Å². The van der Waals surface area contributed by atoms with Crippen molar-refractivity contribution in [2.45, 2.75) is 6.92 Å². The molecule has 0 aromatic heterocycles. The molecule has 2 aromatic carbocycles. The first-order valence-corrected chi connectivity index (χ1v) is 7.66. The molecule has 0 fully saturated rings. The quantitative estimate of drug-likeness (QED) is 0.605. The summed E-state index contributed by atoms with van der Waals surface area (Å²) >= 11 is 0. The van der Waals surface area contributed by atoms with Crippen LogP contribution in [-0.4, -0.2) is 37.2 Å². The summed E-state index contributed by atoms with van der Waals surface area (Å²) in [6, 6.07) is 8.87. The Morgan fingerprint density at radius 2 is 1.81 bits per heavy atom. The SMILES string of the molecule is COc1cc(NC(=O)NN(C)C)ccc1Oc1ccc([N+](=O)[O-])cc1C. The van der Waals surface area contributed by atoms with Crippen molar-refractivity contribution in [2.75, 3.05) is 26.5 Å². The molecule has 2 amide bonds. The summed E-state index contributed by atoms with van der Waals surface area (Å²) in [4.78, 5) is 22.1. The third-order valence-electron chi connectivity index (χ3n) is 3.34. The lowest BCUT2D eigenvalue weighted by atomic mass is 10.2. The Kier molecular flexibility index (Phi) is 5.97. The van der Waals surface area contributed by atoms with Gasteiger partial charge in [0.1, 0.15) is 5.75 Å². The summed E-state index contributed by atoms with van der Waals surface area (Å²) in [5.74, 6) is 1.30. The molecule has 26 heavy (non-hydrogen) atoms. The Hall–Kier alpha value is -3.33. The zero-order valence-corrected chi connectivity index (χ0v) is 14.9. The van der Waals surface area contributed by atoms with E-state index in [0.717, 1.165) is 0 Å². The van der Waals surface area contributed by atoms with Crippen molar-refractivity contribution in [1.82, 2.24) is 10.4 Å². The van der Waals surface area contributed by atoms with E-state index < -0.39 is 11.0 Å². The van der Waals surface area contributed by atoms with E-state index in [1.54, 1.807) is 39.2 Å². The van der Waals surface area contributed by atoms with Crippen LogP contribution < -0.4 is 20.2 Å².